The van der Waals surface area contributed by atoms with E-state index < -0.39 is 0 Å². The van der Waals surface area contributed by atoms with Crippen molar-refractivity contribution in [3.05, 3.63) is 34.3 Å². The molecular weight excluding hydrogens is 188 g/mol. The van der Waals surface area contributed by atoms with Crippen molar-refractivity contribution in [3.63, 3.8) is 0 Å². The van der Waals surface area contributed by atoms with Crippen LogP contribution in [0.15, 0.2) is 16.1 Å². The van der Waals surface area contributed by atoms with Gasteiger partial charge in [-0.05, 0) is 40.2 Å². The molecule has 1 unspecified atom stereocenters. The zero-order valence-corrected chi connectivity index (χ0v) is 10.1. The molecule has 1 atom stereocenters. The first-order chi connectivity index (χ1) is 6.97. The molecule has 0 amide bonds. The maximum Gasteiger partial charge on any atom is 0.106 e. The fraction of sp³-hybridized carbons (Fsp3) is 0.500. The Labute approximate surface area is 91.3 Å². The summed E-state index contributed by atoms with van der Waals surface area (Å²) in [5, 5.41) is 0. The zero-order valence-electron chi connectivity index (χ0n) is 10.1. The van der Waals surface area contributed by atoms with Gasteiger partial charge < -0.3 is 4.42 Å². The molecule has 0 aliphatic rings. The van der Waals surface area contributed by atoms with E-state index in [0.29, 0.717) is 0 Å². The number of nitrogens with one attached hydrogen (secondary N) is 1. The summed E-state index contributed by atoms with van der Waals surface area (Å²) < 4.78 is 5.58. The van der Waals surface area contributed by atoms with E-state index in [1.165, 1.54) is 11.1 Å². The van der Waals surface area contributed by atoms with Gasteiger partial charge in [0.1, 0.15) is 11.5 Å². The van der Waals surface area contributed by atoms with Gasteiger partial charge >= 0.3 is 0 Å². The number of rotatable bonds is 3. The molecule has 1 aromatic rings. The lowest BCUT2D eigenvalue weighted by molar-refractivity contribution is 0.495. The van der Waals surface area contributed by atoms with E-state index in [-0.39, 0.29) is 6.04 Å². The Hall–Kier alpha value is -1.06. The molecule has 84 valence electrons. The minimum absolute atomic E-state index is 0.0347. The smallest absolute Gasteiger partial charge is 0.106 e. The monoisotopic (exact) mass is 208 g/mol. The summed E-state index contributed by atoms with van der Waals surface area (Å²) >= 11 is 0. The number of nitrogens with two attached hydrogens (primary N) is 1. The van der Waals surface area contributed by atoms with Gasteiger partial charge in [0.15, 0.2) is 0 Å². The lowest BCUT2D eigenvalue weighted by Gasteiger charge is -2.12. The minimum Gasteiger partial charge on any atom is -0.466 e. The predicted molar refractivity (Wildman–Crippen MR) is 62.4 cm³/mol. The van der Waals surface area contributed by atoms with Crippen molar-refractivity contribution in [1.29, 1.82) is 0 Å². The van der Waals surface area contributed by atoms with Crippen molar-refractivity contribution < 1.29 is 4.42 Å². The average Bonchev–Trinajstić information content (AvgIpc) is 2.38. The molecule has 1 heterocycles. The van der Waals surface area contributed by atoms with Gasteiger partial charge in [-0.15, -0.1) is 0 Å². The number of hydrogen-bond donors (Lipinski definition) is 2. The van der Waals surface area contributed by atoms with E-state index in [1.54, 1.807) is 0 Å². The topological polar surface area (TPSA) is 51.2 Å². The van der Waals surface area contributed by atoms with Crippen LogP contribution in [0, 0.1) is 20.8 Å². The molecule has 3 nitrogen and oxygen atoms in total. The van der Waals surface area contributed by atoms with Crippen LogP contribution in [0.25, 0.3) is 0 Å². The Morgan fingerprint density at radius 2 is 1.87 bits per heavy atom. The Kier molecular flexibility index (Phi) is 3.72. The fourth-order valence-corrected chi connectivity index (χ4v) is 1.82. The van der Waals surface area contributed by atoms with Gasteiger partial charge in [0, 0.05) is 5.56 Å². The largest absolute Gasteiger partial charge is 0.466 e. The SMILES string of the molecule is CC(C)=CC(NN)c1c(C)oc(C)c1C. The van der Waals surface area contributed by atoms with Crippen molar-refractivity contribution in [2.75, 3.05) is 0 Å². The molecular formula is C12H20N2O. The summed E-state index contributed by atoms with van der Waals surface area (Å²) in [6, 6.07) is 0.0347. The highest BCUT2D eigenvalue weighted by Crippen LogP contribution is 2.27. The highest BCUT2D eigenvalue weighted by Gasteiger charge is 2.17. The molecule has 1 rings (SSSR count). The second-order valence-corrected chi connectivity index (χ2v) is 4.14. The molecule has 0 bridgehead atoms. The van der Waals surface area contributed by atoms with Crippen LogP contribution in [0.2, 0.25) is 0 Å². The van der Waals surface area contributed by atoms with Gasteiger partial charge in [-0.1, -0.05) is 11.6 Å². The molecule has 0 spiro atoms. The van der Waals surface area contributed by atoms with Crippen LogP contribution >= 0.6 is 0 Å². The number of hydrazine groups is 1. The van der Waals surface area contributed by atoms with Gasteiger partial charge in [-0.2, -0.15) is 0 Å². The summed E-state index contributed by atoms with van der Waals surface area (Å²) in [6.07, 6.45) is 2.10. The standard InChI is InChI=1S/C12H20N2O/c1-7(2)6-11(14-13)12-8(3)9(4)15-10(12)5/h6,11,14H,13H2,1-5H3. The second kappa shape index (κ2) is 4.64. The molecule has 0 fully saturated rings. The van der Waals surface area contributed by atoms with Crippen LogP contribution in [0.1, 0.15) is 42.5 Å². The molecule has 0 aliphatic heterocycles. The van der Waals surface area contributed by atoms with E-state index in [9.17, 15) is 0 Å². The molecule has 3 N–H and O–H groups in total. The lowest BCUT2D eigenvalue weighted by atomic mass is 10.0. The van der Waals surface area contributed by atoms with Crippen LogP contribution in [-0.4, -0.2) is 0 Å². The van der Waals surface area contributed by atoms with Crippen molar-refractivity contribution in [2.24, 2.45) is 5.84 Å². The Morgan fingerprint density at radius 3 is 2.20 bits per heavy atom. The van der Waals surface area contributed by atoms with Crippen molar-refractivity contribution in [1.82, 2.24) is 5.43 Å². The van der Waals surface area contributed by atoms with Crippen molar-refractivity contribution in [2.45, 2.75) is 40.7 Å². The van der Waals surface area contributed by atoms with Gasteiger partial charge in [0.05, 0.1) is 6.04 Å². The molecule has 15 heavy (non-hydrogen) atoms. The Balaban J connectivity index is 3.17. The lowest BCUT2D eigenvalue weighted by Crippen LogP contribution is -2.27. The normalized spacial score (nSPS) is 12.7. The Bertz CT molecular complexity index is 373. The fourth-order valence-electron chi connectivity index (χ4n) is 1.82. The van der Waals surface area contributed by atoms with Gasteiger partial charge in [0.2, 0.25) is 0 Å². The van der Waals surface area contributed by atoms with Crippen LogP contribution in [0.4, 0.5) is 0 Å². The average molecular weight is 208 g/mol. The highest BCUT2D eigenvalue weighted by molar-refractivity contribution is 5.36. The number of hydrogen-bond acceptors (Lipinski definition) is 3. The molecule has 3 heteroatoms. The van der Waals surface area contributed by atoms with Gasteiger partial charge in [-0.25, -0.2) is 5.43 Å². The van der Waals surface area contributed by atoms with Crippen molar-refractivity contribution >= 4 is 0 Å². The zero-order chi connectivity index (χ0) is 11.6. The van der Waals surface area contributed by atoms with Crippen molar-refractivity contribution in [3.8, 4) is 0 Å². The maximum atomic E-state index is 5.58. The van der Waals surface area contributed by atoms with Crippen LogP contribution in [-0.2, 0) is 0 Å². The molecule has 1 aromatic heterocycles. The number of aryl methyl sites for hydroxylation is 2. The van der Waals surface area contributed by atoms with Crippen LogP contribution in [0.5, 0.6) is 0 Å². The third-order valence-corrected chi connectivity index (χ3v) is 2.61. The first-order valence-corrected chi connectivity index (χ1v) is 5.15. The van der Waals surface area contributed by atoms with Gasteiger partial charge in [0.25, 0.3) is 0 Å². The summed E-state index contributed by atoms with van der Waals surface area (Å²) in [7, 11) is 0. The van der Waals surface area contributed by atoms with E-state index in [4.69, 9.17) is 10.3 Å². The first-order valence-electron chi connectivity index (χ1n) is 5.15. The summed E-state index contributed by atoms with van der Waals surface area (Å²) in [4.78, 5) is 0. The minimum atomic E-state index is 0.0347. The Morgan fingerprint density at radius 1 is 1.27 bits per heavy atom. The van der Waals surface area contributed by atoms with Crippen LogP contribution < -0.4 is 11.3 Å². The number of furan rings is 1. The summed E-state index contributed by atoms with van der Waals surface area (Å²) in [5.74, 6) is 7.46. The van der Waals surface area contributed by atoms with Crippen LogP contribution in [0.3, 0.4) is 0 Å². The third-order valence-electron chi connectivity index (χ3n) is 2.61. The predicted octanol–water partition coefficient (Wildman–Crippen LogP) is 2.68. The van der Waals surface area contributed by atoms with E-state index in [2.05, 4.69) is 32.3 Å². The molecule has 0 aromatic carbocycles. The third kappa shape index (κ3) is 2.49. The maximum absolute atomic E-state index is 5.58. The molecule has 0 radical (unpaired) electrons. The van der Waals surface area contributed by atoms with E-state index in [0.717, 1.165) is 17.1 Å². The number of allylic oxidation sites excluding steroid dienone is 1. The highest BCUT2D eigenvalue weighted by atomic mass is 16.3. The summed E-state index contributed by atoms with van der Waals surface area (Å²) in [5.41, 5.74) is 6.36. The molecule has 0 saturated carbocycles. The summed E-state index contributed by atoms with van der Waals surface area (Å²) in [6.45, 7) is 10.1. The quantitative estimate of drug-likeness (QED) is 0.456. The second-order valence-electron chi connectivity index (χ2n) is 4.14. The molecule has 0 aliphatic carbocycles. The van der Waals surface area contributed by atoms with Gasteiger partial charge in [-0.3, -0.25) is 5.84 Å². The van der Waals surface area contributed by atoms with E-state index >= 15 is 0 Å². The molecule has 0 saturated heterocycles. The first kappa shape index (κ1) is 12.0. The van der Waals surface area contributed by atoms with E-state index in [1.807, 2.05) is 13.8 Å².